The van der Waals surface area contributed by atoms with Gasteiger partial charge in [-0.2, -0.15) is 4.58 Å². The Labute approximate surface area is 859 Å². The predicted molar refractivity (Wildman–Crippen MR) is 605 cm³/mol. The fourth-order valence-electron chi connectivity index (χ4n) is 18.8. The Balaban J connectivity index is 0.000000329. The number of anilines is 12. The fraction of sp³-hybridized carbons (Fsp3) is 0.532. The van der Waals surface area contributed by atoms with Crippen molar-refractivity contribution in [3.8, 4) is 0 Å². The Morgan fingerprint density at radius 2 is 0.411 bits per heavy atom. The van der Waals surface area contributed by atoms with E-state index in [1.807, 2.05) is 0 Å². The lowest BCUT2D eigenvalue weighted by Gasteiger charge is -2.34. The van der Waals surface area contributed by atoms with Crippen molar-refractivity contribution in [2.24, 2.45) is 0 Å². The topological polar surface area (TPSA) is 132 Å². The third-order valence-corrected chi connectivity index (χ3v) is 27.5. The summed E-state index contributed by atoms with van der Waals surface area (Å²) in [4.78, 5) is 24.5. The van der Waals surface area contributed by atoms with Crippen LogP contribution in [0.25, 0.3) is 0 Å². The molecule has 17 heteroatoms. The van der Waals surface area contributed by atoms with Gasteiger partial charge in [0, 0.05) is 246 Å². The van der Waals surface area contributed by atoms with E-state index in [0.29, 0.717) is 0 Å². The van der Waals surface area contributed by atoms with Crippen molar-refractivity contribution in [3.63, 3.8) is 0 Å². The highest BCUT2D eigenvalue weighted by molar-refractivity contribution is 6.18. The molecule has 0 unspecified atom stereocenters. The number of quaternary nitrogens is 1. The summed E-state index contributed by atoms with van der Waals surface area (Å²) in [5, 5.41) is 0. The van der Waals surface area contributed by atoms with Crippen LogP contribution in [-0.2, 0) is 0 Å². The predicted octanol–water partition coefficient (Wildman–Crippen LogP) is 27.9. The lowest BCUT2D eigenvalue weighted by molar-refractivity contribution is -2.00. The van der Waals surface area contributed by atoms with Crippen LogP contribution in [0.3, 0.4) is 0 Å². The first-order valence-corrected chi connectivity index (χ1v) is 57.2. The monoisotopic (exact) mass is 1940 g/mol. The summed E-state index contributed by atoms with van der Waals surface area (Å²) in [6.45, 7) is 54.5. The highest BCUT2D eigenvalue weighted by Gasteiger charge is 2.31. The molecule has 2 aliphatic carbocycles. The molecule has 8 aromatic rings. The average Bonchev–Trinajstić information content (AvgIpc) is 0.786. The van der Waals surface area contributed by atoms with Gasteiger partial charge < -0.3 is 44.1 Å². The van der Waals surface area contributed by atoms with Gasteiger partial charge in [-0.3, -0.25) is 4.90 Å². The van der Waals surface area contributed by atoms with Crippen molar-refractivity contribution in [1.82, 2.24) is 4.58 Å². The molecule has 772 valence electrons. The molecule has 2 aliphatic rings. The summed E-state index contributed by atoms with van der Waals surface area (Å²) in [7, 11) is -4.94. The van der Waals surface area contributed by atoms with Crippen molar-refractivity contribution in [2.45, 2.75) is 328 Å². The van der Waals surface area contributed by atoms with E-state index in [1.54, 1.807) is 0 Å². The third kappa shape index (κ3) is 39.1. The molecule has 0 heterocycles. The van der Waals surface area contributed by atoms with Gasteiger partial charge in [0.25, 0.3) is 0 Å². The van der Waals surface area contributed by atoms with E-state index in [1.165, 1.54) is 301 Å². The summed E-state index contributed by atoms with van der Waals surface area (Å²) < 4.78 is 39.0. The second kappa shape index (κ2) is 67.1. The van der Waals surface area contributed by atoms with Gasteiger partial charge in [-0.25, -0.2) is 23.2 Å². The van der Waals surface area contributed by atoms with E-state index in [9.17, 15) is 0 Å². The molecular formula is C124H187ClN12O4+2. The lowest BCUT2D eigenvalue weighted by atomic mass is 10.0. The molecule has 0 bridgehead atoms. The van der Waals surface area contributed by atoms with Crippen LogP contribution in [0, 0.1) is 10.2 Å². The van der Waals surface area contributed by atoms with Gasteiger partial charge in [0.15, 0.2) is 5.71 Å². The molecular weight excluding hydrogens is 1760 g/mol. The molecule has 141 heavy (non-hydrogen) atoms. The quantitative estimate of drug-likeness (QED) is 0.0221. The molecule has 0 saturated heterocycles. The molecule has 0 radical (unpaired) electrons. The lowest BCUT2D eigenvalue weighted by Crippen LogP contribution is -3.06. The van der Waals surface area contributed by atoms with Gasteiger partial charge in [-0.15, -0.1) is 10.2 Å². The highest BCUT2D eigenvalue weighted by Crippen LogP contribution is 2.40. The number of hydrogen-bond acceptors (Lipinski definition) is 13. The van der Waals surface area contributed by atoms with Crippen LogP contribution in [0.2, 0.25) is 0 Å². The number of nitrogens with one attached hydrogen (secondary N) is 1. The minimum absolute atomic E-state index is 0.0675. The van der Waals surface area contributed by atoms with E-state index in [4.69, 9.17) is 18.6 Å². The SMILES string of the molecule is CCCCN(CCCC)c1ccc(N(c2ccc(N(CCCC)CCCC)cc2)C2C=CC([NH+](c3ccc(N(CCCC)CCCC)cc3)c3ccc(N(CCCC)CCCC)cc3)C=C2)cc1.CCCCN(CCCC)c1ccc(N(c2ccc(N(CCCC)CCCC)cc2)c2ccc([N+](=C3C=CC(=[N+](CCCC)CCCC)C=C3)c3ccc(N(CCCC)CCCC)cc3)cc2)cc1.[O-][Cl+3]([O-])([O-])[O-]. The molecule has 0 atom stereocenters. The van der Waals surface area contributed by atoms with Crippen molar-refractivity contribution in [1.29, 1.82) is 0 Å². The number of nitrogens with zero attached hydrogens (tertiary/aromatic N) is 11. The maximum Gasteiger partial charge on any atom is 0.212 e. The summed E-state index contributed by atoms with van der Waals surface area (Å²) in [5.74, 6) is 0. The van der Waals surface area contributed by atoms with Crippen LogP contribution in [0.15, 0.2) is 243 Å². The van der Waals surface area contributed by atoms with E-state index in [-0.39, 0.29) is 12.1 Å². The molecule has 1 N–H and O–H groups in total. The molecule has 10 rings (SSSR count). The first-order valence-electron chi connectivity index (χ1n) is 56.0. The number of allylic oxidation sites excluding steroid dienone is 4. The van der Waals surface area contributed by atoms with E-state index in [2.05, 4.69) is 407 Å². The smallest absolute Gasteiger partial charge is 0.212 e. The summed E-state index contributed by atoms with van der Waals surface area (Å²) >= 11 is 0. The molecule has 0 aliphatic heterocycles. The van der Waals surface area contributed by atoms with Crippen LogP contribution < -0.4 is 72.2 Å². The Bertz CT molecular complexity index is 4400. The Morgan fingerprint density at radius 1 is 0.227 bits per heavy atom. The maximum atomic E-state index is 8.49. The second-order valence-corrected chi connectivity index (χ2v) is 39.6. The zero-order chi connectivity index (χ0) is 101. The van der Waals surface area contributed by atoms with E-state index >= 15 is 0 Å². The zero-order valence-electron chi connectivity index (χ0n) is 90.6. The molecule has 8 aromatic carbocycles. The van der Waals surface area contributed by atoms with Crippen LogP contribution in [0.4, 0.5) is 91.0 Å². The van der Waals surface area contributed by atoms with Crippen molar-refractivity contribution in [3.05, 3.63) is 243 Å². The summed E-state index contributed by atoms with van der Waals surface area (Å²) in [5.41, 5.74) is 22.6. The largest absolute Gasteiger partial charge is 0.372 e. The summed E-state index contributed by atoms with van der Waals surface area (Å²) in [6.07, 6.45) is 58.0. The highest BCUT2D eigenvalue weighted by atomic mass is 35.7. The minimum Gasteiger partial charge on any atom is -0.372 e. The Kier molecular flexibility index (Phi) is 55.4. The first-order chi connectivity index (χ1) is 68.8. The number of unbranched alkanes of at least 4 members (excludes halogenated alkanes) is 16. The van der Waals surface area contributed by atoms with Crippen LogP contribution in [0.1, 0.15) is 316 Å². The second-order valence-electron chi connectivity index (χ2n) is 38.9. The molecule has 0 spiro atoms. The number of halogens is 1. The standard InChI is InChI=1S/C62H94N6.C62H92N6.ClHO4/c2*1-9-17-45-63(46-18-10-2)53-25-33-57(34-26-53)67(58-35-27-54(28-36-58)64(47-19-11-3)48-20-12-4)61-41-43-62(44-42-61)68(59-37-29-55(30-38-59)65(49-21-13-5)50-22-14-6)60-39-31-56(32-40-60)66(51-23-15-7)52-24-16-8;2-1(3,4)5/h25-44,61-62H,9-24,45-52H2,1-8H3;25-44H,9-24,45-52H2,1-8H3;(H,2,3,4,5)/q;+2;. The maximum absolute atomic E-state index is 8.49. The van der Waals surface area contributed by atoms with Gasteiger partial charge in [0.05, 0.1) is 6.04 Å². The molecule has 0 aromatic heterocycles. The third-order valence-electron chi connectivity index (χ3n) is 27.5. The minimum atomic E-state index is -4.94. The number of hydrogen-bond donors (Lipinski definition) is 1. The molecule has 0 fully saturated rings. The average molecular weight is 1950 g/mol. The van der Waals surface area contributed by atoms with E-state index < -0.39 is 10.2 Å². The Hall–Kier alpha value is -9.65. The van der Waals surface area contributed by atoms with Crippen molar-refractivity contribution in [2.75, 3.05) is 149 Å². The number of rotatable bonds is 66. The summed E-state index contributed by atoms with van der Waals surface area (Å²) in [6, 6.07) is 75.7. The normalized spacial score (nSPS) is 13.3. The van der Waals surface area contributed by atoms with Crippen molar-refractivity contribution < 1.29 is 38.4 Å². The van der Waals surface area contributed by atoms with Gasteiger partial charge in [-0.1, -0.05) is 226 Å². The van der Waals surface area contributed by atoms with Crippen LogP contribution >= 0.6 is 0 Å². The molecule has 0 amide bonds. The zero-order valence-corrected chi connectivity index (χ0v) is 91.4. The van der Waals surface area contributed by atoms with Gasteiger partial charge >= 0.3 is 0 Å². The van der Waals surface area contributed by atoms with Crippen LogP contribution in [0.5, 0.6) is 0 Å². The molecule has 16 nitrogen and oxygen atoms in total. The van der Waals surface area contributed by atoms with Gasteiger partial charge in [0.1, 0.15) is 30.5 Å². The van der Waals surface area contributed by atoms with Gasteiger partial charge in [-0.05, 0) is 248 Å². The Morgan fingerprint density at radius 3 is 0.631 bits per heavy atom. The molecule has 0 saturated carbocycles. The van der Waals surface area contributed by atoms with E-state index in [0.717, 1.165) is 116 Å². The van der Waals surface area contributed by atoms with Crippen LogP contribution in [-0.4, -0.2) is 133 Å². The first kappa shape index (κ1) is 117. The van der Waals surface area contributed by atoms with Crippen molar-refractivity contribution >= 4 is 102 Å². The number of benzene rings is 8. The van der Waals surface area contributed by atoms with Gasteiger partial charge in [0.2, 0.25) is 17.1 Å². The fourth-order valence-corrected chi connectivity index (χ4v) is 18.8.